The Balaban J connectivity index is 2.27. The number of aliphatic imine (C=N–C) groups is 1. The Morgan fingerprint density at radius 3 is 2.62 bits per heavy atom. The molecule has 0 radical (unpaired) electrons. The topological polar surface area (TPSA) is 61.7 Å². The molecule has 1 unspecified atom stereocenters. The van der Waals surface area contributed by atoms with Crippen molar-refractivity contribution >= 4 is 17.3 Å². The van der Waals surface area contributed by atoms with Gasteiger partial charge in [0.25, 0.3) is 5.91 Å². The van der Waals surface area contributed by atoms with E-state index in [9.17, 15) is 9.90 Å². The Hall–Kier alpha value is -2.46. The molecule has 2 aromatic rings. The Kier molecular flexibility index (Phi) is 3.31. The molecule has 0 aromatic heterocycles. The van der Waals surface area contributed by atoms with Gasteiger partial charge in [-0.15, -0.1) is 0 Å². The Morgan fingerprint density at radius 2 is 1.86 bits per heavy atom. The number of nitrogens with zero attached hydrogens (tertiary/aromatic N) is 1. The second-order valence-corrected chi connectivity index (χ2v) is 5.20. The number of benzene rings is 2. The predicted molar refractivity (Wildman–Crippen MR) is 82.6 cm³/mol. The summed E-state index contributed by atoms with van der Waals surface area (Å²) in [5, 5.41) is 12.6. The number of nitrogens with one attached hydrogen (secondary N) is 1. The van der Waals surface area contributed by atoms with Crippen LogP contribution in [0.5, 0.6) is 0 Å². The van der Waals surface area contributed by atoms with E-state index in [2.05, 4.69) is 10.3 Å². The summed E-state index contributed by atoms with van der Waals surface area (Å²) >= 11 is 0. The standard InChI is InChI=1S/C17H16N2O2/c1-10-7-8-14-13(9-10)15(19-17(21)16(20)18-14)12-6-4-3-5-11(12)2/h3-9,17,21H,1-2H3,(H,18,20). The minimum atomic E-state index is -1.40. The molecule has 4 heteroatoms. The van der Waals surface area contributed by atoms with E-state index < -0.39 is 12.1 Å². The van der Waals surface area contributed by atoms with Crippen molar-refractivity contribution in [1.29, 1.82) is 0 Å². The Bertz CT molecular complexity index is 750. The van der Waals surface area contributed by atoms with Crippen LogP contribution >= 0.6 is 0 Å². The third kappa shape index (κ3) is 2.45. The highest BCUT2D eigenvalue weighted by Crippen LogP contribution is 2.26. The van der Waals surface area contributed by atoms with Crippen molar-refractivity contribution in [2.75, 3.05) is 5.32 Å². The van der Waals surface area contributed by atoms with E-state index in [4.69, 9.17) is 0 Å². The van der Waals surface area contributed by atoms with E-state index in [1.165, 1.54) is 0 Å². The van der Waals surface area contributed by atoms with E-state index in [0.29, 0.717) is 11.4 Å². The number of aliphatic hydroxyl groups is 1. The van der Waals surface area contributed by atoms with Crippen LogP contribution in [0.4, 0.5) is 5.69 Å². The lowest BCUT2D eigenvalue weighted by atomic mass is 9.96. The summed E-state index contributed by atoms with van der Waals surface area (Å²) in [6.45, 7) is 3.97. The molecule has 1 atom stereocenters. The second-order valence-electron chi connectivity index (χ2n) is 5.20. The summed E-state index contributed by atoms with van der Waals surface area (Å²) in [6, 6.07) is 13.5. The van der Waals surface area contributed by atoms with Gasteiger partial charge < -0.3 is 10.4 Å². The van der Waals surface area contributed by atoms with Gasteiger partial charge in [0.15, 0.2) is 0 Å². The predicted octanol–water partition coefficient (Wildman–Crippen LogP) is 2.41. The highest BCUT2D eigenvalue weighted by Gasteiger charge is 2.24. The number of fused-ring (bicyclic) bond motifs is 1. The number of carbonyl (C=O) groups excluding carboxylic acids is 1. The largest absolute Gasteiger partial charge is 0.364 e. The molecule has 2 N–H and O–H groups in total. The third-order valence-corrected chi connectivity index (χ3v) is 3.57. The normalized spacial score (nSPS) is 17.6. The fourth-order valence-electron chi connectivity index (χ4n) is 2.46. The second kappa shape index (κ2) is 5.14. The number of benzodiazepines with no additional fused rings is 1. The molecule has 2 aromatic carbocycles. The lowest BCUT2D eigenvalue weighted by Crippen LogP contribution is -2.24. The molecule has 1 amide bonds. The molecule has 0 fully saturated rings. The highest BCUT2D eigenvalue weighted by atomic mass is 16.3. The van der Waals surface area contributed by atoms with E-state index in [1.54, 1.807) is 0 Å². The van der Waals surface area contributed by atoms with Crippen molar-refractivity contribution in [3.8, 4) is 0 Å². The van der Waals surface area contributed by atoms with Crippen molar-refractivity contribution in [3.05, 3.63) is 64.7 Å². The lowest BCUT2D eigenvalue weighted by molar-refractivity contribution is -0.123. The number of rotatable bonds is 1. The van der Waals surface area contributed by atoms with Gasteiger partial charge in [-0.05, 0) is 31.5 Å². The maximum Gasteiger partial charge on any atom is 0.276 e. The van der Waals surface area contributed by atoms with E-state index in [0.717, 1.165) is 22.3 Å². The minimum absolute atomic E-state index is 0.510. The maximum absolute atomic E-state index is 11.9. The summed E-state index contributed by atoms with van der Waals surface area (Å²) in [5.74, 6) is -0.510. The molecule has 0 spiro atoms. The summed E-state index contributed by atoms with van der Waals surface area (Å²) < 4.78 is 0. The van der Waals surface area contributed by atoms with Crippen molar-refractivity contribution < 1.29 is 9.90 Å². The summed E-state index contributed by atoms with van der Waals surface area (Å²) in [4.78, 5) is 16.1. The van der Waals surface area contributed by atoms with Crippen LogP contribution in [0.25, 0.3) is 0 Å². The first-order valence-corrected chi connectivity index (χ1v) is 6.80. The molecule has 0 saturated heterocycles. The summed E-state index contributed by atoms with van der Waals surface area (Å²) in [5.41, 5.74) is 5.17. The van der Waals surface area contributed by atoms with Crippen LogP contribution in [-0.4, -0.2) is 23.0 Å². The van der Waals surface area contributed by atoms with Crippen LogP contribution in [0.3, 0.4) is 0 Å². The molecule has 1 aliphatic rings. The van der Waals surface area contributed by atoms with Crippen LogP contribution in [0.15, 0.2) is 47.5 Å². The van der Waals surface area contributed by atoms with Gasteiger partial charge in [-0.25, -0.2) is 4.99 Å². The van der Waals surface area contributed by atoms with Gasteiger partial charge in [0.05, 0.1) is 11.4 Å². The molecule has 0 saturated carbocycles. The average Bonchev–Trinajstić information content (AvgIpc) is 2.58. The maximum atomic E-state index is 11.9. The van der Waals surface area contributed by atoms with Crippen LogP contribution in [0, 0.1) is 13.8 Å². The van der Waals surface area contributed by atoms with Crippen LogP contribution in [0.1, 0.15) is 22.3 Å². The molecule has 3 rings (SSSR count). The minimum Gasteiger partial charge on any atom is -0.364 e. The molecule has 4 nitrogen and oxygen atoms in total. The zero-order valence-electron chi connectivity index (χ0n) is 11.9. The smallest absolute Gasteiger partial charge is 0.276 e. The van der Waals surface area contributed by atoms with Crippen molar-refractivity contribution in [1.82, 2.24) is 0 Å². The van der Waals surface area contributed by atoms with Crippen LogP contribution in [-0.2, 0) is 4.79 Å². The number of aryl methyl sites for hydroxylation is 2. The molecule has 0 bridgehead atoms. The monoisotopic (exact) mass is 280 g/mol. The molecular formula is C17H16N2O2. The zero-order valence-corrected chi connectivity index (χ0v) is 11.9. The number of amides is 1. The average molecular weight is 280 g/mol. The summed E-state index contributed by atoms with van der Waals surface area (Å²) in [6.07, 6.45) is -1.40. The van der Waals surface area contributed by atoms with Gasteiger partial charge in [0.1, 0.15) is 0 Å². The van der Waals surface area contributed by atoms with E-state index in [-0.39, 0.29) is 0 Å². The molecular weight excluding hydrogens is 264 g/mol. The molecule has 106 valence electrons. The fourth-order valence-corrected chi connectivity index (χ4v) is 2.46. The van der Waals surface area contributed by atoms with E-state index in [1.807, 2.05) is 56.3 Å². The fraction of sp³-hybridized carbons (Fsp3) is 0.176. The Labute approximate surface area is 123 Å². The first-order chi connectivity index (χ1) is 10.1. The van der Waals surface area contributed by atoms with Crippen molar-refractivity contribution in [2.24, 2.45) is 4.99 Å². The van der Waals surface area contributed by atoms with Crippen molar-refractivity contribution in [2.45, 2.75) is 20.1 Å². The number of hydrogen-bond acceptors (Lipinski definition) is 3. The number of hydrogen-bond donors (Lipinski definition) is 2. The quantitative estimate of drug-likeness (QED) is 0.842. The van der Waals surface area contributed by atoms with Gasteiger partial charge in [-0.1, -0.05) is 35.9 Å². The molecule has 21 heavy (non-hydrogen) atoms. The molecule has 1 heterocycles. The van der Waals surface area contributed by atoms with Gasteiger partial charge in [-0.3, -0.25) is 4.79 Å². The first-order valence-electron chi connectivity index (χ1n) is 6.80. The zero-order chi connectivity index (χ0) is 15.0. The lowest BCUT2D eigenvalue weighted by Gasteiger charge is -2.12. The van der Waals surface area contributed by atoms with Crippen LogP contribution in [0.2, 0.25) is 0 Å². The summed E-state index contributed by atoms with van der Waals surface area (Å²) in [7, 11) is 0. The number of aliphatic hydroxyl groups excluding tert-OH is 1. The van der Waals surface area contributed by atoms with Gasteiger partial charge in [0.2, 0.25) is 6.23 Å². The van der Waals surface area contributed by atoms with Crippen LogP contribution < -0.4 is 5.32 Å². The molecule has 0 aliphatic carbocycles. The van der Waals surface area contributed by atoms with Gasteiger partial charge in [-0.2, -0.15) is 0 Å². The van der Waals surface area contributed by atoms with Gasteiger partial charge in [0, 0.05) is 11.1 Å². The Morgan fingerprint density at radius 1 is 1.10 bits per heavy atom. The SMILES string of the molecule is Cc1ccc2c(c1)C(c1ccccc1C)=NC(O)C(=O)N2. The van der Waals surface area contributed by atoms with E-state index >= 15 is 0 Å². The number of anilines is 1. The van der Waals surface area contributed by atoms with Gasteiger partial charge >= 0.3 is 0 Å². The molecule has 1 aliphatic heterocycles. The highest BCUT2D eigenvalue weighted by molar-refractivity contribution is 6.20. The first kappa shape index (κ1) is 13.5. The third-order valence-electron chi connectivity index (χ3n) is 3.57. The number of carbonyl (C=O) groups is 1. The van der Waals surface area contributed by atoms with Crippen molar-refractivity contribution in [3.63, 3.8) is 0 Å².